The van der Waals surface area contributed by atoms with E-state index in [1.807, 2.05) is 0 Å². The van der Waals surface area contributed by atoms with E-state index in [2.05, 4.69) is 39.3 Å². The largest absolute Gasteiger partial charge is 0.499 e. The fourth-order valence-corrected chi connectivity index (χ4v) is 2.31. The smallest absolute Gasteiger partial charge is 0.0975 e. The van der Waals surface area contributed by atoms with Gasteiger partial charge >= 0.3 is 0 Å². The van der Waals surface area contributed by atoms with Gasteiger partial charge in [-0.05, 0) is 51.6 Å². The molecule has 16 heavy (non-hydrogen) atoms. The summed E-state index contributed by atoms with van der Waals surface area (Å²) >= 11 is 0. The molecule has 2 nitrogen and oxygen atoms in total. The third kappa shape index (κ3) is 3.82. The second-order valence-corrected chi connectivity index (χ2v) is 5.20. The number of nitrogens with zero attached hydrogens (tertiary/aromatic N) is 1. The van der Waals surface area contributed by atoms with Gasteiger partial charge in [0.05, 0.1) is 12.4 Å². The van der Waals surface area contributed by atoms with Crippen LogP contribution in [0.25, 0.3) is 0 Å². The van der Waals surface area contributed by atoms with Gasteiger partial charge in [-0.3, -0.25) is 0 Å². The highest BCUT2D eigenvalue weighted by molar-refractivity contribution is 4.93. The summed E-state index contributed by atoms with van der Waals surface area (Å²) < 4.78 is 5.41. The highest BCUT2D eigenvalue weighted by Crippen LogP contribution is 2.39. The minimum absolute atomic E-state index is 0.304. The monoisotopic (exact) mass is 225 g/mol. The summed E-state index contributed by atoms with van der Waals surface area (Å²) in [7, 11) is 2.23. The molecule has 2 heteroatoms. The quantitative estimate of drug-likeness (QED) is 0.588. The number of ether oxygens (including phenoxy) is 1. The molecule has 94 valence electrons. The molecule has 0 amide bonds. The Morgan fingerprint density at radius 3 is 2.75 bits per heavy atom. The predicted octanol–water partition coefficient (Wildman–Crippen LogP) is 3.29. The van der Waals surface area contributed by atoms with Gasteiger partial charge in [0.2, 0.25) is 0 Å². The zero-order valence-corrected chi connectivity index (χ0v) is 11.3. The molecule has 0 aromatic rings. The van der Waals surface area contributed by atoms with Crippen LogP contribution in [0.15, 0.2) is 12.8 Å². The van der Waals surface area contributed by atoms with Gasteiger partial charge in [0.25, 0.3) is 0 Å². The van der Waals surface area contributed by atoms with Gasteiger partial charge in [-0.25, -0.2) is 0 Å². The molecule has 1 rings (SSSR count). The van der Waals surface area contributed by atoms with Crippen molar-refractivity contribution in [1.29, 1.82) is 0 Å². The van der Waals surface area contributed by atoms with Gasteiger partial charge in [0.1, 0.15) is 0 Å². The molecule has 1 aliphatic carbocycles. The molecular weight excluding hydrogens is 198 g/mol. The SMILES string of the molecule is C=COC(C)C(C)CCC1CC1N(C)CC. The second-order valence-electron chi connectivity index (χ2n) is 5.20. The molecule has 0 bridgehead atoms. The van der Waals surface area contributed by atoms with E-state index in [1.54, 1.807) is 6.26 Å². The molecule has 0 saturated heterocycles. The van der Waals surface area contributed by atoms with Crippen LogP contribution >= 0.6 is 0 Å². The molecule has 0 N–H and O–H groups in total. The molecular formula is C14H27NO. The van der Waals surface area contributed by atoms with E-state index in [4.69, 9.17) is 4.74 Å². The standard InChI is InChI=1S/C14H27NO/c1-6-15(5)14-10-13(14)9-8-11(3)12(4)16-7-2/h7,11-14H,2,6,8-10H2,1,3-5H3. The van der Waals surface area contributed by atoms with Crippen molar-refractivity contribution >= 4 is 0 Å². The number of rotatable bonds is 8. The maximum atomic E-state index is 5.41. The molecule has 1 fully saturated rings. The minimum atomic E-state index is 0.304. The van der Waals surface area contributed by atoms with Crippen LogP contribution < -0.4 is 0 Å². The maximum absolute atomic E-state index is 5.41. The van der Waals surface area contributed by atoms with Crippen LogP contribution in [-0.4, -0.2) is 30.6 Å². The van der Waals surface area contributed by atoms with E-state index < -0.39 is 0 Å². The van der Waals surface area contributed by atoms with E-state index in [1.165, 1.54) is 25.8 Å². The lowest BCUT2D eigenvalue weighted by molar-refractivity contribution is 0.104. The van der Waals surface area contributed by atoms with E-state index >= 15 is 0 Å². The van der Waals surface area contributed by atoms with Crippen LogP contribution in [0, 0.1) is 11.8 Å². The summed E-state index contributed by atoms with van der Waals surface area (Å²) in [6.45, 7) is 11.4. The first-order valence-corrected chi connectivity index (χ1v) is 6.56. The van der Waals surface area contributed by atoms with Crippen LogP contribution in [0.3, 0.4) is 0 Å². The van der Waals surface area contributed by atoms with E-state index in [9.17, 15) is 0 Å². The van der Waals surface area contributed by atoms with Crippen molar-refractivity contribution in [3.63, 3.8) is 0 Å². The molecule has 1 saturated carbocycles. The first-order chi connectivity index (χ1) is 7.60. The summed E-state index contributed by atoms with van der Waals surface area (Å²) in [5.74, 6) is 1.56. The molecule has 4 atom stereocenters. The highest BCUT2D eigenvalue weighted by Gasteiger charge is 2.39. The molecule has 0 radical (unpaired) electrons. The van der Waals surface area contributed by atoms with Crippen molar-refractivity contribution in [2.45, 2.75) is 52.2 Å². The fourth-order valence-electron chi connectivity index (χ4n) is 2.31. The van der Waals surface area contributed by atoms with E-state index in [0.29, 0.717) is 12.0 Å². The summed E-state index contributed by atoms with van der Waals surface area (Å²) in [5, 5.41) is 0. The Morgan fingerprint density at radius 2 is 2.19 bits per heavy atom. The zero-order valence-electron chi connectivity index (χ0n) is 11.3. The molecule has 0 heterocycles. The van der Waals surface area contributed by atoms with Crippen LogP contribution in [0.4, 0.5) is 0 Å². The number of hydrogen-bond donors (Lipinski definition) is 0. The highest BCUT2D eigenvalue weighted by atomic mass is 16.5. The van der Waals surface area contributed by atoms with Crippen molar-refractivity contribution in [3.8, 4) is 0 Å². The molecule has 0 spiro atoms. The summed E-state index contributed by atoms with van der Waals surface area (Å²) in [5.41, 5.74) is 0. The van der Waals surface area contributed by atoms with Crippen molar-refractivity contribution in [3.05, 3.63) is 12.8 Å². The first kappa shape index (κ1) is 13.6. The normalized spacial score (nSPS) is 27.6. The van der Waals surface area contributed by atoms with Gasteiger partial charge in [-0.2, -0.15) is 0 Å². The van der Waals surface area contributed by atoms with Crippen molar-refractivity contribution in [1.82, 2.24) is 4.90 Å². The lowest BCUT2D eigenvalue weighted by atomic mass is 9.98. The van der Waals surface area contributed by atoms with Gasteiger partial charge in [-0.1, -0.05) is 20.4 Å². The Hall–Kier alpha value is -0.500. The van der Waals surface area contributed by atoms with E-state index in [-0.39, 0.29) is 0 Å². The van der Waals surface area contributed by atoms with Crippen LogP contribution in [0.2, 0.25) is 0 Å². The third-order valence-electron chi connectivity index (χ3n) is 4.06. The lowest BCUT2D eigenvalue weighted by Crippen LogP contribution is -2.22. The average molecular weight is 225 g/mol. The van der Waals surface area contributed by atoms with Crippen LogP contribution in [0.5, 0.6) is 0 Å². The van der Waals surface area contributed by atoms with Crippen molar-refractivity contribution < 1.29 is 4.74 Å². The van der Waals surface area contributed by atoms with Crippen LogP contribution in [0.1, 0.15) is 40.0 Å². The summed E-state index contributed by atoms with van der Waals surface area (Å²) in [4.78, 5) is 2.47. The molecule has 4 unspecified atom stereocenters. The molecule has 0 aromatic carbocycles. The second kappa shape index (κ2) is 6.29. The Bertz CT molecular complexity index is 217. The maximum Gasteiger partial charge on any atom is 0.0975 e. The molecule has 1 aliphatic rings. The van der Waals surface area contributed by atoms with Crippen molar-refractivity contribution in [2.24, 2.45) is 11.8 Å². The zero-order chi connectivity index (χ0) is 12.1. The lowest BCUT2D eigenvalue weighted by Gasteiger charge is -2.19. The van der Waals surface area contributed by atoms with Crippen LogP contribution in [-0.2, 0) is 4.74 Å². The Balaban J connectivity index is 2.14. The van der Waals surface area contributed by atoms with Gasteiger partial charge in [0, 0.05) is 6.04 Å². The Labute approximate surface area is 101 Å². The average Bonchev–Trinajstić information content (AvgIpc) is 3.04. The first-order valence-electron chi connectivity index (χ1n) is 6.56. The minimum Gasteiger partial charge on any atom is -0.499 e. The van der Waals surface area contributed by atoms with Crippen molar-refractivity contribution in [2.75, 3.05) is 13.6 Å². The topological polar surface area (TPSA) is 12.5 Å². The predicted molar refractivity (Wildman–Crippen MR) is 69.3 cm³/mol. The third-order valence-corrected chi connectivity index (χ3v) is 4.06. The van der Waals surface area contributed by atoms with E-state index in [0.717, 1.165) is 12.0 Å². The molecule has 0 aliphatic heterocycles. The summed E-state index contributed by atoms with van der Waals surface area (Å²) in [6, 6.07) is 0.854. The summed E-state index contributed by atoms with van der Waals surface area (Å²) in [6.07, 6.45) is 5.88. The van der Waals surface area contributed by atoms with Gasteiger partial charge in [0.15, 0.2) is 0 Å². The Kier molecular flexibility index (Phi) is 5.33. The molecule has 0 aromatic heterocycles. The van der Waals surface area contributed by atoms with Gasteiger partial charge < -0.3 is 9.64 Å². The Morgan fingerprint density at radius 1 is 1.50 bits per heavy atom. The fraction of sp³-hybridized carbons (Fsp3) is 0.857. The number of hydrogen-bond acceptors (Lipinski definition) is 2. The van der Waals surface area contributed by atoms with Gasteiger partial charge in [-0.15, -0.1) is 0 Å².